The molecule has 0 unspecified atom stereocenters. The summed E-state index contributed by atoms with van der Waals surface area (Å²) < 4.78 is 12.6. The molecule has 3 aromatic heterocycles. The second-order valence-corrected chi connectivity index (χ2v) is 7.06. The van der Waals surface area contributed by atoms with Crippen molar-refractivity contribution >= 4 is 23.2 Å². The van der Waals surface area contributed by atoms with Crippen LogP contribution in [-0.4, -0.2) is 51.7 Å². The number of fused-ring (bicyclic) bond motifs is 1. The molecule has 4 aromatic rings. The predicted molar refractivity (Wildman–Crippen MR) is 111 cm³/mol. The van der Waals surface area contributed by atoms with Gasteiger partial charge in [0, 0.05) is 30.5 Å². The van der Waals surface area contributed by atoms with Gasteiger partial charge >= 0.3 is 0 Å². The zero-order valence-corrected chi connectivity index (χ0v) is 16.4. The fourth-order valence-corrected chi connectivity index (χ4v) is 3.40. The number of hydrogen-bond donors (Lipinski definition) is 1. The van der Waals surface area contributed by atoms with Crippen LogP contribution in [0.3, 0.4) is 0 Å². The normalized spacial score (nSPS) is 14.2. The van der Waals surface area contributed by atoms with Crippen LogP contribution in [0.4, 0.5) is 11.6 Å². The highest BCUT2D eigenvalue weighted by Gasteiger charge is 2.19. The molecule has 0 saturated carbocycles. The Morgan fingerprint density at radius 3 is 2.90 bits per heavy atom. The van der Waals surface area contributed by atoms with Gasteiger partial charge in [0.2, 0.25) is 0 Å². The number of aryl methyl sites for hydroxylation is 1. The molecule has 9 heteroatoms. The number of ether oxygens (including phenoxy) is 1. The third-order valence-electron chi connectivity index (χ3n) is 5.09. The molecular weight excluding hydrogens is 384 g/mol. The van der Waals surface area contributed by atoms with Crippen molar-refractivity contribution in [2.45, 2.75) is 6.92 Å². The molecule has 1 amide bonds. The third-order valence-corrected chi connectivity index (χ3v) is 5.09. The number of anilines is 2. The van der Waals surface area contributed by atoms with Crippen LogP contribution >= 0.6 is 0 Å². The molecule has 152 valence electrons. The Bertz CT molecular complexity index is 1210. The number of nitrogens with one attached hydrogen (secondary N) is 1. The Labute approximate surface area is 172 Å². The van der Waals surface area contributed by atoms with Crippen LogP contribution in [0.2, 0.25) is 0 Å². The second kappa shape index (κ2) is 7.60. The maximum Gasteiger partial charge on any atom is 0.274 e. The number of hydrogen-bond acceptors (Lipinski definition) is 7. The smallest absolute Gasteiger partial charge is 0.274 e. The molecule has 1 aromatic carbocycles. The number of imidazole rings is 1. The van der Waals surface area contributed by atoms with Crippen LogP contribution in [0, 0.1) is 6.92 Å². The first-order chi connectivity index (χ1) is 14.7. The maximum atomic E-state index is 12.9. The molecule has 9 nitrogen and oxygen atoms in total. The van der Waals surface area contributed by atoms with Crippen molar-refractivity contribution < 1.29 is 14.1 Å². The fourth-order valence-electron chi connectivity index (χ4n) is 3.40. The first kappa shape index (κ1) is 18.3. The summed E-state index contributed by atoms with van der Waals surface area (Å²) in [5.74, 6) is 0.709. The molecule has 1 aliphatic rings. The number of morpholine rings is 1. The van der Waals surface area contributed by atoms with E-state index in [0.29, 0.717) is 36.4 Å². The topological polar surface area (TPSA) is 97.8 Å². The van der Waals surface area contributed by atoms with Crippen LogP contribution in [-0.2, 0) is 4.74 Å². The molecule has 0 radical (unpaired) electrons. The largest absolute Gasteiger partial charge is 0.378 e. The molecule has 1 saturated heterocycles. The number of amides is 1. The molecule has 4 heterocycles. The Kier molecular flexibility index (Phi) is 4.64. The lowest BCUT2D eigenvalue weighted by Gasteiger charge is -2.24. The minimum Gasteiger partial charge on any atom is -0.378 e. The van der Waals surface area contributed by atoms with E-state index in [1.165, 1.54) is 0 Å². The van der Waals surface area contributed by atoms with E-state index < -0.39 is 0 Å². The van der Waals surface area contributed by atoms with Gasteiger partial charge in [-0.3, -0.25) is 9.20 Å². The molecule has 1 N–H and O–H groups in total. The van der Waals surface area contributed by atoms with Gasteiger partial charge in [-0.1, -0.05) is 12.1 Å². The van der Waals surface area contributed by atoms with Gasteiger partial charge in [-0.15, -0.1) is 0 Å². The van der Waals surface area contributed by atoms with Crippen molar-refractivity contribution in [1.82, 2.24) is 19.5 Å². The van der Waals surface area contributed by atoms with Gasteiger partial charge in [-0.2, -0.15) is 4.98 Å². The van der Waals surface area contributed by atoms with E-state index in [-0.39, 0.29) is 5.91 Å². The van der Waals surface area contributed by atoms with Crippen LogP contribution in [0.5, 0.6) is 0 Å². The van der Waals surface area contributed by atoms with Crippen molar-refractivity contribution in [1.29, 1.82) is 0 Å². The lowest BCUT2D eigenvalue weighted by molar-refractivity contribution is 0.102. The molecule has 0 spiro atoms. The summed E-state index contributed by atoms with van der Waals surface area (Å²) in [6, 6.07) is 11.2. The van der Waals surface area contributed by atoms with Crippen LogP contribution in [0.25, 0.3) is 17.1 Å². The van der Waals surface area contributed by atoms with E-state index in [1.807, 2.05) is 54.4 Å². The maximum absolute atomic E-state index is 12.9. The van der Waals surface area contributed by atoms with Gasteiger partial charge < -0.3 is 19.5 Å². The van der Waals surface area contributed by atoms with Crippen molar-refractivity contribution in [3.63, 3.8) is 0 Å². The third kappa shape index (κ3) is 3.39. The summed E-state index contributed by atoms with van der Waals surface area (Å²) in [7, 11) is 0. The molecule has 0 atom stereocenters. The number of rotatable bonds is 4. The van der Waals surface area contributed by atoms with E-state index in [4.69, 9.17) is 9.26 Å². The highest BCUT2D eigenvalue weighted by Crippen LogP contribution is 2.26. The molecule has 5 rings (SSSR count). The highest BCUT2D eigenvalue weighted by atomic mass is 16.5. The van der Waals surface area contributed by atoms with Gasteiger partial charge in [0.25, 0.3) is 17.7 Å². The van der Waals surface area contributed by atoms with E-state index in [0.717, 1.165) is 29.9 Å². The minimum atomic E-state index is -0.242. The Hall–Kier alpha value is -3.72. The molecule has 1 fully saturated rings. The van der Waals surface area contributed by atoms with Crippen LogP contribution in [0.15, 0.2) is 53.3 Å². The molecule has 30 heavy (non-hydrogen) atoms. The van der Waals surface area contributed by atoms with Gasteiger partial charge in [0.15, 0.2) is 0 Å². The fraction of sp³-hybridized carbons (Fsp3) is 0.238. The van der Waals surface area contributed by atoms with Crippen molar-refractivity contribution in [2.24, 2.45) is 0 Å². The summed E-state index contributed by atoms with van der Waals surface area (Å²) >= 11 is 0. The van der Waals surface area contributed by atoms with Crippen molar-refractivity contribution in [3.8, 4) is 11.5 Å². The number of pyridine rings is 1. The number of nitrogens with zero attached hydrogens (tertiary/aromatic N) is 5. The monoisotopic (exact) mass is 404 g/mol. The van der Waals surface area contributed by atoms with Gasteiger partial charge in [0.05, 0.1) is 19.4 Å². The average Bonchev–Trinajstić information content (AvgIpc) is 3.43. The van der Waals surface area contributed by atoms with Gasteiger partial charge in [0.1, 0.15) is 11.3 Å². The molecule has 0 bridgehead atoms. The zero-order chi connectivity index (χ0) is 20.5. The molecule has 1 aliphatic heterocycles. The summed E-state index contributed by atoms with van der Waals surface area (Å²) in [6.07, 6.45) is 3.38. The predicted octanol–water partition coefficient (Wildman–Crippen LogP) is 2.78. The van der Waals surface area contributed by atoms with E-state index >= 15 is 0 Å². The second-order valence-electron chi connectivity index (χ2n) is 7.06. The van der Waals surface area contributed by atoms with E-state index in [9.17, 15) is 4.79 Å². The van der Waals surface area contributed by atoms with E-state index in [2.05, 4.69) is 20.4 Å². The molecule has 0 aliphatic carbocycles. The van der Waals surface area contributed by atoms with Gasteiger partial charge in [-0.05, 0) is 41.9 Å². The van der Waals surface area contributed by atoms with Crippen LogP contribution < -0.4 is 10.2 Å². The average molecular weight is 404 g/mol. The van der Waals surface area contributed by atoms with Gasteiger partial charge in [-0.25, -0.2) is 4.98 Å². The Balaban J connectivity index is 1.40. The van der Waals surface area contributed by atoms with Crippen LogP contribution in [0.1, 0.15) is 16.1 Å². The lowest BCUT2D eigenvalue weighted by Crippen LogP contribution is -2.36. The number of aromatic nitrogens is 4. The Morgan fingerprint density at radius 2 is 2.03 bits per heavy atom. The minimum absolute atomic E-state index is 0.242. The standard InChI is InChI=1S/C21H20N6O3/c1-14-5-6-15(20-24-21(25-30-20)26-8-10-29-11-9-26)12-16(14)23-19(28)17-13-22-18-4-2-3-7-27(17)18/h2-7,12-13H,8-11H2,1H3,(H,23,28). The quantitative estimate of drug-likeness (QED) is 0.558. The summed E-state index contributed by atoms with van der Waals surface area (Å²) in [5.41, 5.74) is 3.52. The Morgan fingerprint density at radius 1 is 1.17 bits per heavy atom. The first-order valence-corrected chi connectivity index (χ1v) is 9.70. The highest BCUT2D eigenvalue weighted by molar-refractivity contribution is 6.04. The number of carbonyl (C=O) groups is 1. The number of carbonyl (C=O) groups excluding carboxylic acids is 1. The lowest BCUT2D eigenvalue weighted by atomic mass is 10.1. The SMILES string of the molecule is Cc1ccc(-c2nc(N3CCOCC3)no2)cc1NC(=O)c1cnc2ccccn12. The van der Waals surface area contributed by atoms with Crippen molar-refractivity contribution in [2.75, 3.05) is 36.5 Å². The van der Waals surface area contributed by atoms with E-state index in [1.54, 1.807) is 10.6 Å². The summed E-state index contributed by atoms with van der Waals surface area (Å²) in [4.78, 5) is 23.7. The molecular formula is C21H20N6O3. The summed E-state index contributed by atoms with van der Waals surface area (Å²) in [5, 5.41) is 7.06. The van der Waals surface area contributed by atoms with Crippen molar-refractivity contribution in [3.05, 3.63) is 60.0 Å². The summed E-state index contributed by atoms with van der Waals surface area (Å²) in [6.45, 7) is 4.68. The number of benzene rings is 1. The zero-order valence-electron chi connectivity index (χ0n) is 16.4. The first-order valence-electron chi connectivity index (χ1n) is 9.70.